The van der Waals surface area contributed by atoms with Gasteiger partial charge >= 0.3 is 5.97 Å². The fraction of sp³-hybridized carbons (Fsp3) is 0.0833. The van der Waals surface area contributed by atoms with Crippen LogP contribution >= 0.6 is 11.3 Å². The van der Waals surface area contributed by atoms with Gasteiger partial charge in [-0.25, -0.2) is 14.2 Å². The lowest BCUT2D eigenvalue weighted by Crippen LogP contribution is -2.13. The number of aromatic carboxylic acids is 1. The molecule has 0 aliphatic heterocycles. The van der Waals surface area contributed by atoms with Gasteiger partial charge in [0, 0.05) is 0 Å². The van der Waals surface area contributed by atoms with Gasteiger partial charge in [0.2, 0.25) is 0 Å². The van der Waals surface area contributed by atoms with Crippen molar-refractivity contribution in [1.29, 1.82) is 0 Å². The number of halogens is 1. The van der Waals surface area contributed by atoms with E-state index >= 15 is 0 Å². The predicted octanol–water partition coefficient (Wildman–Crippen LogP) is 2.54. The highest BCUT2D eigenvalue weighted by molar-refractivity contribution is 7.12. The Labute approximate surface area is 111 Å². The number of carboxylic acid groups (broad SMARTS) is 1. The van der Waals surface area contributed by atoms with Gasteiger partial charge < -0.3 is 10.4 Å². The van der Waals surface area contributed by atoms with Crippen LogP contribution in [0.3, 0.4) is 0 Å². The van der Waals surface area contributed by atoms with Gasteiger partial charge in [-0.1, -0.05) is 0 Å². The minimum Gasteiger partial charge on any atom is -0.478 e. The third kappa shape index (κ3) is 2.76. The minimum atomic E-state index is -1.23. The molecule has 0 saturated heterocycles. The summed E-state index contributed by atoms with van der Waals surface area (Å²) in [4.78, 5) is 26.8. The summed E-state index contributed by atoms with van der Waals surface area (Å²) in [7, 11) is 0. The molecule has 98 valence electrons. The third-order valence-electron chi connectivity index (χ3n) is 2.42. The standard InChI is InChI=1S/C12H9FN2O3S/c1-6-10(19-5-14-6)11(16)15-9-3-2-7(12(17)18)4-8(9)13/h2-5H,1H3,(H,15,16)(H,17,18). The molecule has 0 saturated carbocycles. The van der Waals surface area contributed by atoms with Crippen molar-refractivity contribution in [3.63, 3.8) is 0 Å². The summed E-state index contributed by atoms with van der Waals surface area (Å²) in [5.74, 6) is -2.49. The van der Waals surface area contributed by atoms with Crippen molar-refractivity contribution in [3.8, 4) is 0 Å². The van der Waals surface area contributed by atoms with E-state index in [0.717, 1.165) is 17.4 Å². The Balaban J connectivity index is 2.23. The zero-order chi connectivity index (χ0) is 14.0. The maximum absolute atomic E-state index is 13.6. The Bertz CT molecular complexity index is 654. The fourth-order valence-electron chi connectivity index (χ4n) is 1.45. The highest BCUT2D eigenvalue weighted by Crippen LogP contribution is 2.19. The van der Waals surface area contributed by atoms with E-state index in [1.165, 1.54) is 17.6 Å². The van der Waals surface area contributed by atoms with Crippen molar-refractivity contribution in [2.75, 3.05) is 5.32 Å². The SMILES string of the molecule is Cc1ncsc1C(=O)Nc1ccc(C(=O)O)cc1F. The van der Waals surface area contributed by atoms with Crippen LogP contribution in [0.25, 0.3) is 0 Å². The highest BCUT2D eigenvalue weighted by Gasteiger charge is 2.15. The largest absolute Gasteiger partial charge is 0.478 e. The molecule has 0 atom stereocenters. The molecule has 1 aromatic heterocycles. The zero-order valence-corrected chi connectivity index (χ0v) is 10.6. The van der Waals surface area contributed by atoms with Crippen molar-refractivity contribution >= 4 is 28.9 Å². The van der Waals surface area contributed by atoms with Gasteiger partial charge in [-0.3, -0.25) is 4.79 Å². The van der Waals surface area contributed by atoms with E-state index in [9.17, 15) is 14.0 Å². The van der Waals surface area contributed by atoms with E-state index in [1.54, 1.807) is 6.92 Å². The first-order chi connectivity index (χ1) is 8.99. The Morgan fingerprint density at radius 1 is 1.42 bits per heavy atom. The van der Waals surface area contributed by atoms with Crippen LogP contribution in [-0.4, -0.2) is 22.0 Å². The summed E-state index contributed by atoms with van der Waals surface area (Å²) < 4.78 is 13.6. The summed E-state index contributed by atoms with van der Waals surface area (Å²) in [6, 6.07) is 3.30. The van der Waals surface area contributed by atoms with Crippen LogP contribution in [0, 0.1) is 12.7 Å². The molecule has 0 unspecified atom stereocenters. The first-order valence-electron chi connectivity index (χ1n) is 5.23. The Morgan fingerprint density at radius 3 is 2.68 bits per heavy atom. The molecule has 19 heavy (non-hydrogen) atoms. The lowest BCUT2D eigenvalue weighted by molar-refractivity contribution is 0.0696. The number of thiazole rings is 1. The Hall–Kier alpha value is -2.28. The first-order valence-corrected chi connectivity index (χ1v) is 6.11. The number of amides is 1. The molecule has 7 heteroatoms. The van der Waals surface area contributed by atoms with Crippen molar-refractivity contribution < 1.29 is 19.1 Å². The molecule has 1 heterocycles. The van der Waals surface area contributed by atoms with E-state index in [4.69, 9.17) is 5.11 Å². The number of aromatic nitrogens is 1. The lowest BCUT2D eigenvalue weighted by Gasteiger charge is -2.06. The molecule has 0 fully saturated rings. The maximum atomic E-state index is 13.6. The predicted molar refractivity (Wildman–Crippen MR) is 68.2 cm³/mol. The number of carboxylic acids is 1. The molecule has 0 bridgehead atoms. The second-order valence-electron chi connectivity index (χ2n) is 3.72. The summed E-state index contributed by atoms with van der Waals surface area (Å²) in [5, 5.41) is 11.1. The number of carbonyl (C=O) groups excluding carboxylic acids is 1. The van der Waals surface area contributed by atoms with E-state index in [2.05, 4.69) is 10.3 Å². The van der Waals surface area contributed by atoms with E-state index < -0.39 is 17.7 Å². The molecule has 2 rings (SSSR count). The number of nitrogens with one attached hydrogen (secondary N) is 1. The summed E-state index contributed by atoms with van der Waals surface area (Å²) >= 11 is 1.15. The van der Waals surface area contributed by atoms with E-state index in [1.807, 2.05) is 0 Å². The van der Waals surface area contributed by atoms with Crippen LogP contribution in [0.2, 0.25) is 0 Å². The molecule has 1 aromatic carbocycles. The molecule has 2 N–H and O–H groups in total. The molecule has 1 amide bonds. The molecule has 2 aromatic rings. The zero-order valence-electron chi connectivity index (χ0n) is 9.81. The van der Waals surface area contributed by atoms with Crippen LogP contribution in [-0.2, 0) is 0 Å². The summed E-state index contributed by atoms with van der Waals surface area (Å²) in [6.45, 7) is 1.68. The third-order valence-corrected chi connectivity index (χ3v) is 3.34. The summed E-state index contributed by atoms with van der Waals surface area (Å²) in [6.07, 6.45) is 0. The molecule has 0 aliphatic carbocycles. The van der Waals surface area contributed by atoms with Crippen molar-refractivity contribution in [2.45, 2.75) is 6.92 Å². The molecule has 0 spiro atoms. The molecule has 0 radical (unpaired) electrons. The number of rotatable bonds is 3. The average molecular weight is 280 g/mol. The first kappa shape index (κ1) is 13.2. The van der Waals surface area contributed by atoms with E-state index in [-0.39, 0.29) is 11.3 Å². The lowest BCUT2D eigenvalue weighted by atomic mass is 10.2. The number of hydrogen-bond acceptors (Lipinski definition) is 4. The topological polar surface area (TPSA) is 79.3 Å². The van der Waals surface area contributed by atoms with Gasteiger partial charge in [-0.2, -0.15) is 0 Å². The van der Waals surface area contributed by atoms with Crippen LogP contribution in [0.4, 0.5) is 10.1 Å². The monoisotopic (exact) mass is 280 g/mol. The quantitative estimate of drug-likeness (QED) is 0.905. The Morgan fingerprint density at radius 2 is 2.16 bits per heavy atom. The maximum Gasteiger partial charge on any atom is 0.335 e. The normalized spacial score (nSPS) is 10.2. The van der Waals surface area contributed by atoms with Crippen molar-refractivity contribution in [1.82, 2.24) is 4.98 Å². The van der Waals surface area contributed by atoms with Gasteiger partial charge in [-0.15, -0.1) is 11.3 Å². The van der Waals surface area contributed by atoms with Crippen LogP contribution < -0.4 is 5.32 Å². The number of anilines is 1. The minimum absolute atomic E-state index is 0.0669. The van der Waals surface area contributed by atoms with Gasteiger partial charge in [0.05, 0.1) is 22.5 Å². The average Bonchev–Trinajstić information content (AvgIpc) is 2.77. The van der Waals surface area contributed by atoms with E-state index in [0.29, 0.717) is 10.6 Å². The fourth-order valence-corrected chi connectivity index (χ4v) is 2.15. The number of hydrogen-bond donors (Lipinski definition) is 2. The van der Waals surface area contributed by atoms with Crippen LogP contribution in [0.15, 0.2) is 23.7 Å². The highest BCUT2D eigenvalue weighted by atomic mass is 32.1. The van der Waals surface area contributed by atoms with Crippen LogP contribution in [0.5, 0.6) is 0 Å². The molecular weight excluding hydrogens is 271 g/mol. The Kier molecular flexibility index (Phi) is 3.57. The van der Waals surface area contributed by atoms with Gasteiger partial charge in [0.15, 0.2) is 0 Å². The van der Waals surface area contributed by atoms with Gasteiger partial charge in [0.1, 0.15) is 10.7 Å². The smallest absolute Gasteiger partial charge is 0.335 e. The molecular formula is C12H9FN2O3S. The van der Waals surface area contributed by atoms with Crippen molar-refractivity contribution in [2.24, 2.45) is 0 Å². The van der Waals surface area contributed by atoms with Crippen molar-refractivity contribution in [3.05, 3.63) is 45.7 Å². The number of aryl methyl sites for hydroxylation is 1. The number of benzene rings is 1. The second-order valence-corrected chi connectivity index (χ2v) is 4.58. The summed E-state index contributed by atoms with van der Waals surface area (Å²) in [5.41, 5.74) is 1.84. The molecule has 0 aliphatic rings. The van der Waals surface area contributed by atoms with Gasteiger partial charge in [0.25, 0.3) is 5.91 Å². The number of nitrogens with zero attached hydrogens (tertiary/aromatic N) is 1. The second kappa shape index (κ2) is 5.15. The molecule has 5 nitrogen and oxygen atoms in total. The number of carbonyl (C=O) groups is 2. The van der Waals surface area contributed by atoms with Gasteiger partial charge in [-0.05, 0) is 25.1 Å². The van der Waals surface area contributed by atoms with Crippen LogP contribution in [0.1, 0.15) is 25.7 Å².